The second-order valence-corrected chi connectivity index (χ2v) is 15.4. The van der Waals surface area contributed by atoms with E-state index in [1.54, 1.807) is 6.08 Å². The Balaban J connectivity index is 1.05. The van der Waals surface area contributed by atoms with Gasteiger partial charge in [-0.25, -0.2) is 8.97 Å². The average molecular weight is 728 g/mol. The van der Waals surface area contributed by atoms with Crippen molar-refractivity contribution in [3.05, 3.63) is 70.5 Å². The molecule has 4 aromatic rings. The maximum Gasteiger partial charge on any atom is 0.434 e. The van der Waals surface area contributed by atoms with Crippen LogP contribution in [0.2, 0.25) is 5.02 Å². The van der Waals surface area contributed by atoms with E-state index in [0.717, 1.165) is 77.3 Å². The molecule has 3 atom stereocenters. The van der Waals surface area contributed by atoms with E-state index < -0.39 is 6.17 Å². The summed E-state index contributed by atoms with van der Waals surface area (Å²) in [6.45, 7) is 8.27. The fraction of sp³-hybridized carbons (Fsp3) is 0.487. The maximum absolute atomic E-state index is 14.6. The number of likely N-dealkylation sites (tertiary alicyclic amines) is 1. The van der Waals surface area contributed by atoms with Crippen molar-refractivity contribution in [2.24, 2.45) is 5.92 Å². The van der Waals surface area contributed by atoms with Crippen LogP contribution in [0.15, 0.2) is 47.0 Å². The number of alkyl halides is 1. The zero-order valence-corrected chi connectivity index (χ0v) is 30.7. The minimum absolute atomic E-state index is 0.0886. The van der Waals surface area contributed by atoms with E-state index >= 15 is 0 Å². The first-order chi connectivity index (χ1) is 25.2. The molecular weight excluding hydrogens is 683 g/mol. The Morgan fingerprint density at radius 2 is 2.00 bits per heavy atom. The Morgan fingerprint density at radius 3 is 2.83 bits per heavy atom. The van der Waals surface area contributed by atoms with Gasteiger partial charge in [-0.1, -0.05) is 54.9 Å². The molecule has 13 heteroatoms. The molecule has 0 N–H and O–H groups in total. The molecule has 4 aliphatic heterocycles. The van der Waals surface area contributed by atoms with Gasteiger partial charge in [0.25, 0.3) is 5.89 Å². The van der Waals surface area contributed by atoms with Gasteiger partial charge < -0.3 is 19.1 Å². The lowest BCUT2D eigenvalue weighted by Gasteiger charge is -2.32. The van der Waals surface area contributed by atoms with Gasteiger partial charge in [0.1, 0.15) is 12.8 Å². The van der Waals surface area contributed by atoms with E-state index in [2.05, 4.69) is 55.0 Å². The van der Waals surface area contributed by atoms with Crippen molar-refractivity contribution in [2.45, 2.75) is 70.1 Å². The van der Waals surface area contributed by atoms with Crippen LogP contribution in [-0.2, 0) is 17.8 Å². The normalized spacial score (nSPS) is 23.7. The summed E-state index contributed by atoms with van der Waals surface area (Å²) in [5, 5.41) is 6.81. The van der Waals surface area contributed by atoms with Crippen LogP contribution in [0.5, 0.6) is 6.01 Å². The summed E-state index contributed by atoms with van der Waals surface area (Å²) in [5.74, 6) is 1.93. The number of carbonyl (C=O) groups excluding carboxylic acids is 1. The van der Waals surface area contributed by atoms with Gasteiger partial charge in [0.05, 0.1) is 41.6 Å². The molecule has 11 nitrogen and oxygen atoms in total. The van der Waals surface area contributed by atoms with Crippen LogP contribution < -0.4 is 9.64 Å². The number of aromatic nitrogens is 4. The van der Waals surface area contributed by atoms with Crippen molar-refractivity contribution in [3.63, 3.8) is 0 Å². The predicted octanol–water partition coefficient (Wildman–Crippen LogP) is 6.21. The van der Waals surface area contributed by atoms with Gasteiger partial charge in [0.2, 0.25) is 5.91 Å². The third-order valence-corrected chi connectivity index (χ3v) is 11.4. The third kappa shape index (κ3) is 6.78. The highest BCUT2D eigenvalue weighted by Crippen LogP contribution is 2.41. The number of hydrogen-bond donors (Lipinski definition) is 0. The fourth-order valence-electron chi connectivity index (χ4n) is 8.43. The quantitative estimate of drug-likeness (QED) is 0.113. The molecule has 0 radical (unpaired) electrons. The zero-order valence-electron chi connectivity index (χ0n) is 30.0. The largest absolute Gasteiger partial charge is 0.443 e. The van der Waals surface area contributed by atoms with Crippen LogP contribution in [0.4, 0.5) is 15.9 Å². The minimum atomic E-state index is -0.837. The Labute approximate surface area is 308 Å². The molecule has 3 saturated heterocycles. The van der Waals surface area contributed by atoms with E-state index in [1.807, 2.05) is 37.9 Å². The second kappa shape index (κ2) is 14.2. The van der Waals surface area contributed by atoms with Crippen molar-refractivity contribution < 1.29 is 23.0 Å². The summed E-state index contributed by atoms with van der Waals surface area (Å²) in [7, 11) is 2.01. The molecule has 2 aromatic heterocycles. The first-order valence-electron chi connectivity index (χ1n) is 18.4. The number of nitrogens with zero attached hydrogens (tertiary/aromatic N) is 8. The lowest BCUT2D eigenvalue weighted by Crippen LogP contribution is -2.43. The molecule has 4 aliphatic rings. The number of rotatable bonds is 9. The molecule has 272 valence electrons. The molecule has 0 aliphatic carbocycles. The van der Waals surface area contributed by atoms with Gasteiger partial charge >= 0.3 is 11.8 Å². The first kappa shape index (κ1) is 34.7. The van der Waals surface area contributed by atoms with E-state index in [1.165, 1.54) is 6.08 Å². The molecule has 1 amide bonds. The fourth-order valence-corrected chi connectivity index (χ4v) is 8.71. The topological polar surface area (TPSA) is 104 Å². The van der Waals surface area contributed by atoms with Crippen molar-refractivity contribution >= 4 is 52.1 Å². The molecule has 0 spiro atoms. The molecule has 6 heterocycles. The summed E-state index contributed by atoms with van der Waals surface area (Å²) in [4.78, 5) is 33.8. The number of hydrogen-bond acceptors (Lipinski definition) is 9. The summed E-state index contributed by atoms with van der Waals surface area (Å²) in [5.41, 5.74) is 2.74. The highest BCUT2D eigenvalue weighted by atomic mass is 35.5. The SMILES string of the molecule is CC(C)c1noc(/C=C/C(=O)N2CCC(C=[N+](C)c3nc(OC[C@@]45CCCN4C[C@H](F)C5)nc4c3CCN(c3cccc5cccc(Cl)c35)C4)C2)n1. The first-order valence-corrected chi connectivity index (χ1v) is 18.8. The van der Waals surface area contributed by atoms with Crippen LogP contribution in [0.25, 0.3) is 16.8 Å². The van der Waals surface area contributed by atoms with Gasteiger partial charge in [-0.05, 0) is 43.3 Å². The zero-order chi connectivity index (χ0) is 36.0. The molecule has 0 bridgehead atoms. The maximum atomic E-state index is 14.6. The Kier molecular flexibility index (Phi) is 9.46. The third-order valence-electron chi connectivity index (χ3n) is 11.1. The van der Waals surface area contributed by atoms with Crippen LogP contribution in [0.3, 0.4) is 0 Å². The number of fused-ring (bicyclic) bond motifs is 3. The van der Waals surface area contributed by atoms with Gasteiger partial charge in [-0.2, -0.15) is 9.97 Å². The Hall–Kier alpha value is -4.42. The average Bonchev–Trinajstić information content (AvgIpc) is 3.94. The molecular formula is C39H45ClFN8O3+. The van der Waals surface area contributed by atoms with Gasteiger partial charge in [0, 0.05) is 79.1 Å². The summed E-state index contributed by atoms with van der Waals surface area (Å²) in [6, 6.07) is 12.6. The van der Waals surface area contributed by atoms with E-state index in [0.29, 0.717) is 56.9 Å². The highest BCUT2D eigenvalue weighted by molar-refractivity contribution is 6.36. The molecule has 1 unspecified atom stereocenters. The van der Waals surface area contributed by atoms with E-state index in [-0.39, 0.29) is 23.3 Å². The Morgan fingerprint density at radius 1 is 1.15 bits per heavy atom. The molecule has 52 heavy (non-hydrogen) atoms. The van der Waals surface area contributed by atoms with Crippen molar-refractivity contribution in [1.82, 2.24) is 29.9 Å². The Bertz CT molecular complexity index is 2050. The van der Waals surface area contributed by atoms with Gasteiger partial charge in [-0.15, -0.1) is 0 Å². The highest BCUT2D eigenvalue weighted by Gasteiger charge is 2.49. The summed E-state index contributed by atoms with van der Waals surface area (Å²) < 4.78 is 28.4. The van der Waals surface area contributed by atoms with Crippen molar-refractivity contribution in [2.75, 3.05) is 51.3 Å². The lowest BCUT2D eigenvalue weighted by molar-refractivity contribution is -0.407. The number of halogens is 2. The predicted molar refractivity (Wildman–Crippen MR) is 198 cm³/mol. The number of amides is 1. The van der Waals surface area contributed by atoms with Gasteiger partial charge in [0.15, 0.2) is 5.82 Å². The van der Waals surface area contributed by atoms with Crippen LogP contribution in [0, 0.1) is 5.92 Å². The van der Waals surface area contributed by atoms with Crippen LogP contribution in [-0.4, -0.2) is 105 Å². The van der Waals surface area contributed by atoms with Crippen LogP contribution in [0.1, 0.15) is 68.4 Å². The summed E-state index contributed by atoms with van der Waals surface area (Å²) >= 11 is 6.75. The second-order valence-electron chi connectivity index (χ2n) is 15.0. The number of benzene rings is 2. The van der Waals surface area contributed by atoms with Gasteiger partial charge in [-0.3, -0.25) is 9.69 Å². The van der Waals surface area contributed by atoms with E-state index in [9.17, 15) is 9.18 Å². The smallest absolute Gasteiger partial charge is 0.434 e. The standard InChI is InChI=1S/C39H45ClFN8O3/c1-25(2)36-43-33(52-45-36)11-12-34(50)48-17-13-26(21-48)20-46(3)37-29-14-18-47(32-10-5-8-27-7-4-9-30(40)35(27)32)23-31(29)42-38(44-37)51-24-39-15-6-16-49(39)22-28(41)19-39/h4-5,7-12,20,25-26,28H,6,13-19,21-24H2,1-3H3/q+1/b12-11+,46-20?/t26?,28-,39+/m1/s1. The monoisotopic (exact) mass is 727 g/mol. The molecule has 2 aromatic carbocycles. The lowest BCUT2D eigenvalue weighted by atomic mass is 9.95. The van der Waals surface area contributed by atoms with Crippen LogP contribution >= 0.6 is 11.6 Å². The molecule has 3 fully saturated rings. The number of anilines is 1. The van der Waals surface area contributed by atoms with E-state index in [4.69, 9.17) is 30.8 Å². The van der Waals surface area contributed by atoms with Crippen molar-refractivity contribution in [3.8, 4) is 6.01 Å². The van der Waals surface area contributed by atoms with Crippen molar-refractivity contribution in [1.29, 1.82) is 0 Å². The minimum Gasteiger partial charge on any atom is -0.443 e. The number of carbonyl (C=O) groups is 1. The number of ether oxygens (including phenoxy) is 1. The molecule has 0 saturated carbocycles. The molecule has 8 rings (SSSR count). The summed E-state index contributed by atoms with van der Waals surface area (Å²) in [6.07, 6.45) is 8.41.